The van der Waals surface area contributed by atoms with Crippen LogP contribution in [0.5, 0.6) is 0 Å². The van der Waals surface area contributed by atoms with Crippen LogP contribution in [0, 0.1) is 5.41 Å². The second kappa shape index (κ2) is 8.29. The van der Waals surface area contributed by atoms with E-state index in [-0.39, 0.29) is 12.0 Å². The SMILES string of the molecule is COCc1nc2c(c3c1[C@@H](c1ccc(C(F)(F)F)cc1)OC31CCOCC1)C(O)CC(C)(C)C2. The van der Waals surface area contributed by atoms with Crippen molar-refractivity contribution < 1.29 is 32.5 Å². The van der Waals surface area contributed by atoms with E-state index in [4.69, 9.17) is 19.2 Å². The Morgan fingerprint density at radius 1 is 1.12 bits per heavy atom. The molecule has 1 aromatic carbocycles. The molecule has 5 nitrogen and oxygen atoms in total. The molecule has 2 aliphatic heterocycles. The van der Waals surface area contributed by atoms with E-state index in [1.165, 1.54) is 12.1 Å². The third kappa shape index (κ3) is 3.94. The number of benzene rings is 1. The molecule has 3 aliphatic rings. The van der Waals surface area contributed by atoms with Crippen molar-refractivity contribution in [2.45, 2.75) is 70.1 Å². The number of rotatable bonds is 3. The van der Waals surface area contributed by atoms with E-state index in [0.717, 1.165) is 46.6 Å². The number of ether oxygens (including phenoxy) is 3. The first kappa shape index (κ1) is 23.7. The number of halogens is 3. The number of nitrogens with zero attached hydrogens (tertiary/aromatic N) is 1. The summed E-state index contributed by atoms with van der Waals surface area (Å²) in [7, 11) is 1.60. The highest BCUT2D eigenvalue weighted by atomic mass is 19.4. The number of hydrogen-bond acceptors (Lipinski definition) is 5. The second-order valence-electron chi connectivity index (χ2n) is 10.4. The zero-order valence-electron chi connectivity index (χ0n) is 19.7. The van der Waals surface area contributed by atoms with Gasteiger partial charge in [0.25, 0.3) is 0 Å². The quantitative estimate of drug-likeness (QED) is 0.644. The molecule has 2 atom stereocenters. The molecule has 34 heavy (non-hydrogen) atoms. The lowest BCUT2D eigenvalue weighted by Gasteiger charge is -2.40. The van der Waals surface area contributed by atoms with E-state index in [9.17, 15) is 18.3 Å². The molecule has 1 N–H and O–H groups in total. The van der Waals surface area contributed by atoms with Crippen molar-refractivity contribution >= 4 is 0 Å². The predicted molar refractivity (Wildman–Crippen MR) is 118 cm³/mol. The number of fused-ring (bicyclic) bond motifs is 4. The lowest BCUT2D eigenvalue weighted by atomic mass is 9.70. The summed E-state index contributed by atoms with van der Waals surface area (Å²) in [6.07, 6.45) is -3.15. The number of methoxy groups -OCH3 is 1. The molecule has 1 saturated heterocycles. The van der Waals surface area contributed by atoms with Gasteiger partial charge >= 0.3 is 6.18 Å². The molecule has 0 saturated carbocycles. The average Bonchev–Trinajstić information content (AvgIpc) is 3.07. The van der Waals surface area contributed by atoms with Crippen molar-refractivity contribution in [1.29, 1.82) is 0 Å². The summed E-state index contributed by atoms with van der Waals surface area (Å²) in [4.78, 5) is 4.95. The zero-order valence-corrected chi connectivity index (χ0v) is 19.7. The Morgan fingerprint density at radius 2 is 1.79 bits per heavy atom. The maximum Gasteiger partial charge on any atom is 0.416 e. The molecule has 1 unspecified atom stereocenters. The Bertz CT molecular complexity index is 1070. The van der Waals surface area contributed by atoms with Gasteiger partial charge in [0.05, 0.1) is 29.6 Å². The molecule has 0 radical (unpaired) electrons. The monoisotopic (exact) mass is 477 g/mol. The smallest absolute Gasteiger partial charge is 0.388 e. The molecule has 184 valence electrons. The molecule has 1 aromatic heterocycles. The summed E-state index contributed by atoms with van der Waals surface area (Å²) < 4.78 is 57.4. The summed E-state index contributed by atoms with van der Waals surface area (Å²) in [5, 5.41) is 11.3. The Balaban J connectivity index is 1.72. The average molecular weight is 478 g/mol. The van der Waals surface area contributed by atoms with Crippen molar-refractivity contribution in [3.63, 3.8) is 0 Å². The normalized spacial score (nSPS) is 25.3. The Labute approximate surface area is 197 Å². The van der Waals surface area contributed by atoms with Crippen molar-refractivity contribution in [1.82, 2.24) is 4.98 Å². The van der Waals surface area contributed by atoms with Crippen molar-refractivity contribution in [2.75, 3.05) is 20.3 Å². The van der Waals surface area contributed by atoms with Crippen LogP contribution in [0.2, 0.25) is 0 Å². The number of alkyl halides is 3. The fourth-order valence-electron chi connectivity index (χ4n) is 5.88. The topological polar surface area (TPSA) is 60.8 Å². The summed E-state index contributed by atoms with van der Waals surface area (Å²) in [6.45, 7) is 5.51. The van der Waals surface area contributed by atoms with E-state index in [2.05, 4.69) is 13.8 Å². The molecule has 8 heteroatoms. The van der Waals surface area contributed by atoms with Gasteiger partial charge in [0.1, 0.15) is 6.10 Å². The van der Waals surface area contributed by atoms with Crippen LogP contribution in [0.4, 0.5) is 13.2 Å². The van der Waals surface area contributed by atoms with Crippen LogP contribution in [-0.2, 0) is 39.0 Å². The number of pyridine rings is 1. The molecule has 1 aliphatic carbocycles. The maximum atomic E-state index is 13.2. The number of aromatic nitrogens is 1. The predicted octanol–water partition coefficient (Wildman–Crippen LogP) is 5.38. The molecule has 0 amide bonds. The molecule has 1 fully saturated rings. The Hall–Kier alpha value is -2.00. The molecule has 3 heterocycles. The van der Waals surface area contributed by atoms with Crippen molar-refractivity contribution in [3.8, 4) is 0 Å². The highest BCUT2D eigenvalue weighted by Gasteiger charge is 2.52. The van der Waals surface area contributed by atoms with Crippen molar-refractivity contribution in [3.05, 3.63) is 63.5 Å². The molecule has 5 rings (SSSR count). The van der Waals surface area contributed by atoms with Crippen LogP contribution in [0.15, 0.2) is 24.3 Å². The lowest BCUT2D eigenvalue weighted by Crippen LogP contribution is -2.37. The fraction of sp³-hybridized carbons (Fsp3) is 0.577. The van der Waals surface area contributed by atoms with Crippen LogP contribution in [0.1, 0.15) is 84.5 Å². The summed E-state index contributed by atoms with van der Waals surface area (Å²) in [6, 6.07) is 5.13. The van der Waals surface area contributed by atoms with Gasteiger partial charge in [-0.1, -0.05) is 26.0 Å². The lowest BCUT2D eigenvalue weighted by molar-refractivity contribution is -0.137. The van der Waals surface area contributed by atoms with Gasteiger partial charge in [-0.25, -0.2) is 0 Å². The van der Waals surface area contributed by atoms with Gasteiger partial charge in [-0.3, -0.25) is 4.98 Å². The fourth-order valence-corrected chi connectivity index (χ4v) is 5.88. The van der Waals surface area contributed by atoms with E-state index in [1.807, 2.05) is 0 Å². The van der Waals surface area contributed by atoms with Crippen molar-refractivity contribution in [2.24, 2.45) is 5.41 Å². The highest BCUT2D eigenvalue weighted by Crippen LogP contribution is 2.57. The van der Waals surface area contributed by atoms with Crippen LogP contribution in [-0.4, -0.2) is 30.4 Å². The number of hydrogen-bond donors (Lipinski definition) is 1. The van der Waals surface area contributed by atoms with Gasteiger partial charge in [-0.2, -0.15) is 13.2 Å². The van der Waals surface area contributed by atoms with Crippen LogP contribution >= 0.6 is 0 Å². The zero-order chi connectivity index (χ0) is 24.3. The molecular formula is C26H30F3NO4. The van der Waals surface area contributed by atoms with Crippen LogP contribution in [0.25, 0.3) is 0 Å². The van der Waals surface area contributed by atoms with Gasteiger partial charge in [0.2, 0.25) is 0 Å². The van der Waals surface area contributed by atoms with E-state index in [1.54, 1.807) is 7.11 Å². The largest absolute Gasteiger partial charge is 0.416 e. The Morgan fingerprint density at radius 3 is 2.41 bits per heavy atom. The first-order chi connectivity index (χ1) is 16.0. The second-order valence-corrected chi connectivity index (χ2v) is 10.4. The molecule has 1 spiro atoms. The minimum absolute atomic E-state index is 0.104. The Kier molecular flexibility index (Phi) is 5.79. The third-order valence-corrected chi connectivity index (χ3v) is 7.34. The van der Waals surface area contributed by atoms with Gasteiger partial charge in [-0.15, -0.1) is 0 Å². The van der Waals surface area contributed by atoms with E-state index < -0.39 is 29.5 Å². The van der Waals surface area contributed by atoms with Gasteiger partial charge in [0, 0.05) is 50.0 Å². The number of aliphatic hydroxyl groups is 1. The highest BCUT2D eigenvalue weighted by molar-refractivity contribution is 5.53. The minimum Gasteiger partial charge on any atom is -0.388 e. The van der Waals surface area contributed by atoms with E-state index >= 15 is 0 Å². The standard InChI is InChI=1S/C26H30F3NO4/c1-24(2)12-17-20(19(31)13-24)22-21(18(30-17)14-32-3)23(34-25(22)8-10-33-11-9-25)15-4-6-16(7-5-15)26(27,28)29/h4-7,19,23,31H,8-14H2,1-3H3/t19?,23-/m1/s1. The number of aliphatic hydroxyl groups excluding tert-OH is 1. The molecule has 2 aromatic rings. The van der Waals surface area contributed by atoms with Crippen LogP contribution in [0.3, 0.4) is 0 Å². The molecular weight excluding hydrogens is 447 g/mol. The molecule has 0 bridgehead atoms. The summed E-state index contributed by atoms with van der Waals surface area (Å²) in [5.74, 6) is 0. The first-order valence-corrected chi connectivity index (χ1v) is 11.7. The first-order valence-electron chi connectivity index (χ1n) is 11.7. The third-order valence-electron chi connectivity index (χ3n) is 7.34. The summed E-state index contributed by atoms with van der Waals surface area (Å²) >= 11 is 0. The van der Waals surface area contributed by atoms with Gasteiger partial charge in [0.15, 0.2) is 0 Å². The summed E-state index contributed by atoms with van der Waals surface area (Å²) in [5.41, 5.74) is 3.31. The minimum atomic E-state index is -4.41. The van der Waals surface area contributed by atoms with Gasteiger partial charge in [-0.05, 0) is 41.5 Å². The van der Waals surface area contributed by atoms with Crippen LogP contribution < -0.4 is 0 Å². The van der Waals surface area contributed by atoms with E-state index in [0.29, 0.717) is 38.0 Å². The van der Waals surface area contributed by atoms with Gasteiger partial charge < -0.3 is 19.3 Å². The maximum absolute atomic E-state index is 13.2.